The maximum Gasteiger partial charge on any atom is 0.239 e. The van der Waals surface area contributed by atoms with Crippen molar-refractivity contribution in [3.8, 4) is 11.5 Å². The Kier molecular flexibility index (Phi) is 15.0. The minimum Gasteiger partial charge on any atom is -0.504 e. The Hall–Kier alpha value is -2.61. The molecule has 3 rings (SSSR count). The number of likely N-dealkylation sites (tertiary alicyclic amines) is 2. The van der Waals surface area contributed by atoms with Crippen LogP contribution in [0, 0.1) is 5.92 Å². The first-order chi connectivity index (χ1) is 20.3. The van der Waals surface area contributed by atoms with E-state index in [0.29, 0.717) is 30.8 Å². The van der Waals surface area contributed by atoms with E-state index in [1.807, 2.05) is 13.8 Å². The molecule has 1 aromatic carbocycles. The van der Waals surface area contributed by atoms with Crippen LogP contribution in [0.15, 0.2) is 18.2 Å². The molecule has 43 heavy (non-hydrogen) atoms. The molecule has 5 atom stereocenters. The predicted octanol–water partition coefficient (Wildman–Crippen LogP) is 2.47. The number of carbonyl (C=O) groups excluding carboxylic acids is 5. The molecular weight excluding hydrogens is 594 g/mol. The van der Waals surface area contributed by atoms with Crippen LogP contribution in [0.1, 0.15) is 65.4 Å². The third kappa shape index (κ3) is 10.5. The van der Waals surface area contributed by atoms with Gasteiger partial charge in [-0.1, -0.05) is 50.4 Å². The molecule has 1 aromatic rings. The molecule has 0 radical (unpaired) electrons. The van der Waals surface area contributed by atoms with Crippen molar-refractivity contribution < 1.29 is 39.3 Å². The van der Waals surface area contributed by atoms with Gasteiger partial charge in [-0.15, -0.1) is 0 Å². The van der Waals surface area contributed by atoms with Crippen molar-refractivity contribution in [3.05, 3.63) is 23.8 Å². The van der Waals surface area contributed by atoms with E-state index in [1.54, 1.807) is 23.6 Å². The minimum absolute atomic E-state index is 0.0148. The molecule has 0 spiro atoms. The Morgan fingerprint density at radius 2 is 1.40 bits per heavy atom. The van der Waals surface area contributed by atoms with Gasteiger partial charge in [0, 0.05) is 31.8 Å². The lowest BCUT2D eigenvalue weighted by Crippen LogP contribution is -2.46. The first kappa shape index (κ1) is 36.6. The highest BCUT2D eigenvalue weighted by molar-refractivity contribution is 8.14. The summed E-state index contributed by atoms with van der Waals surface area (Å²) in [6.45, 7) is 8.30. The van der Waals surface area contributed by atoms with Crippen molar-refractivity contribution in [2.24, 2.45) is 11.7 Å². The SMILES string of the molecule is CCSC(=O)[C@@H]1CCCN1C(=O)[C@H](C)CC(=O)[C@H](O)Cc1ccc(O)c(O)c1.CCSC(=O)[C@@H]1CCCN1C(=O)[C@H](C)N. The number of benzene rings is 1. The molecule has 2 aliphatic rings. The van der Waals surface area contributed by atoms with Gasteiger partial charge in [0.1, 0.15) is 18.2 Å². The fourth-order valence-electron chi connectivity index (χ4n) is 5.13. The molecule has 0 unspecified atom stereocenters. The maximum atomic E-state index is 12.7. The maximum absolute atomic E-state index is 12.7. The third-order valence-electron chi connectivity index (χ3n) is 7.35. The zero-order chi connectivity index (χ0) is 32.3. The second-order valence-corrected chi connectivity index (χ2v) is 13.3. The topological polar surface area (TPSA) is 179 Å². The van der Waals surface area contributed by atoms with Gasteiger partial charge in [0.25, 0.3) is 0 Å². The van der Waals surface area contributed by atoms with Gasteiger partial charge in [0.15, 0.2) is 17.3 Å². The summed E-state index contributed by atoms with van der Waals surface area (Å²) in [6.07, 6.45) is 1.63. The van der Waals surface area contributed by atoms with Gasteiger partial charge in [0.2, 0.25) is 22.0 Å². The van der Waals surface area contributed by atoms with E-state index in [4.69, 9.17) is 5.73 Å². The summed E-state index contributed by atoms with van der Waals surface area (Å²) in [6, 6.07) is 2.89. The standard InChI is InChI=1S/C20H27NO6S.C10H18N2O2S/c1-3-28-20(27)14-5-4-8-21(14)19(26)12(2)9-16(23)18(25)11-13-6-7-15(22)17(24)10-13;1-3-15-10(14)8-5-4-6-12(8)9(13)7(2)11/h6-7,10,12,14,18,22,24-25H,3-5,8-9,11H2,1-2H3;7-8H,3-6,11H2,1-2H3/t12-,14+,18-;7-,8-/m10/s1. The summed E-state index contributed by atoms with van der Waals surface area (Å²) >= 11 is 2.49. The summed E-state index contributed by atoms with van der Waals surface area (Å²) < 4.78 is 0. The lowest BCUT2D eigenvalue weighted by Gasteiger charge is -2.26. The molecule has 240 valence electrons. The van der Waals surface area contributed by atoms with E-state index < -0.39 is 29.9 Å². The van der Waals surface area contributed by atoms with Gasteiger partial charge in [-0.3, -0.25) is 24.0 Å². The molecule has 2 aliphatic heterocycles. The zero-order valence-corrected chi connectivity index (χ0v) is 27.0. The van der Waals surface area contributed by atoms with Crippen molar-refractivity contribution in [1.82, 2.24) is 9.80 Å². The molecule has 0 aromatic heterocycles. The van der Waals surface area contributed by atoms with Crippen LogP contribution in [-0.2, 0) is 30.4 Å². The van der Waals surface area contributed by atoms with Gasteiger partial charge in [-0.25, -0.2) is 0 Å². The molecule has 11 nitrogen and oxygen atoms in total. The second-order valence-electron chi connectivity index (χ2n) is 10.8. The number of ketones is 1. The fourth-order valence-corrected chi connectivity index (χ4v) is 6.57. The molecule has 2 amide bonds. The summed E-state index contributed by atoms with van der Waals surface area (Å²) in [4.78, 5) is 63.9. The summed E-state index contributed by atoms with van der Waals surface area (Å²) in [5, 5.41) is 29.1. The third-order valence-corrected chi connectivity index (χ3v) is 9.04. The number of nitrogens with zero attached hydrogens (tertiary/aromatic N) is 2. The van der Waals surface area contributed by atoms with Crippen molar-refractivity contribution in [2.75, 3.05) is 24.6 Å². The van der Waals surface area contributed by atoms with E-state index in [1.165, 1.54) is 41.7 Å². The number of carbonyl (C=O) groups is 5. The molecule has 0 bridgehead atoms. The number of hydrogen-bond donors (Lipinski definition) is 4. The average Bonchev–Trinajstić information content (AvgIpc) is 3.65. The van der Waals surface area contributed by atoms with Gasteiger partial charge in [0.05, 0.1) is 6.04 Å². The second kappa shape index (κ2) is 17.6. The van der Waals surface area contributed by atoms with E-state index in [0.717, 1.165) is 25.0 Å². The highest BCUT2D eigenvalue weighted by Crippen LogP contribution is 2.27. The number of aromatic hydroxyl groups is 2. The lowest BCUT2D eigenvalue weighted by atomic mass is 9.96. The van der Waals surface area contributed by atoms with Gasteiger partial charge in [-0.05, 0) is 61.8 Å². The first-order valence-electron chi connectivity index (χ1n) is 14.7. The largest absolute Gasteiger partial charge is 0.504 e. The van der Waals surface area contributed by atoms with E-state index in [-0.39, 0.29) is 52.4 Å². The molecule has 2 fully saturated rings. The van der Waals surface area contributed by atoms with Crippen LogP contribution in [-0.4, -0.2) is 102 Å². The molecule has 5 N–H and O–H groups in total. The number of hydrogen-bond acceptors (Lipinski definition) is 11. The van der Waals surface area contributed by atoms with E-state index >= 15 is 0 Å². The fraction of sp³-hybridized carbons (Fsp3) is 0.633. The van der Waals surface area contributed by atoms with Crippen LogP contribution in [0.25, 0.3) is 0 Å². The van der Waals surface area contributed by atoms with Crippen molar-refractivity contribution in [2.45, 2.75) is 90.4 Å². The zero-order valence-electron chi connectivity index (χ0n) is 25.4. The molecule has 0 aliphatic carbocycles. The van der Waals surface area contributed by atoms with Crippen molar-refractivity contribution in [3.63, 3.8) is 0 Å². The molecular formula is C30H45N3O8S2. The van der Waals surface area contributed by atoms with Crippen LogP contribution in [0.4, 0.5) is 0 Å². The molecule has 2 heterocycles. The van der Waals surface area contributed by atoms with Crippen LogP contribution < -0.4 is 5.73 Å². The Morgan fingerprint density at radius 3 is 1.86 bits per heavy atom. The normalized spacial score (nSPS) is 20.1. The van der Waals surface area contributed by atoms with Crippen LogP contribution in [0.5, 0.6) is 11.5 Å². The summed E-state index contributed by atoms with van der Waals surface area (Å²) in [7, 11) is 0. The number of amides is 2. The number of Topliss-reactive ketones (excluding diaryl/α,β-unsaturated/α-hetero) is 1. The highest BCUT2D eigenvalue weighted by atomic mass is 32.2. The van der Waals surface area contributed by atoms with Gasteiger partial charge < -0.3 is 30.9 Å². The van der Waals surface area contributed by atoms with Crippen molar-refractivity contribution in [1.29, 1.82) is 0 Å². The molecule has 0 saturated carbocycles. The number of phenols is 2. The van der Waals surface area contributed by atoms with Gasteiger partial charge >= 0.3 is 0 Å². The lowest BCUT2D eigenvalue weighted by molar-refractivity contribution is -0.141. The Balaban J connectivity index is 0.000000362. The monoisotopic (exact) mass is 639 g/mol. The van der Waals surface area contributed by atoms with Crippen molar-refractivity contribution >= 4 is 51.4 Å². The Labute approximate surface area is 261 Å². The van der Waals surface area contributed by atoms with E-state index in [9.17, 15) is 39.3 Å². The first-order valence-corrected chi connectivity index (χ1v) is 16.7. The van der Waals surface area contributed by atoms with Gasteiger partial charge in [-0.2, -0.15) is 0 Å². The number of nitrogens with two attached hydrogens (primary N) is 1. The van der Waals surface area contributed by atoms with Crippen LogP contribution in [0.3, 0.4) is 0 Å². The highest BCUT2D eigenvalue weighted by Gasteiger charge is 2.37. The van der Waals surface area contributed by atoms with Crippen LogP contribution in [0.2, 0.25) is 0 Å². The predicted molar refractivity (Wildman–Crippen MR) is 168 cm³/mol. The Bertz CT molecular complexity index is 1150. The smallest absolute Gasteiger partial charge is 0.239 e. The van der Waals surface area contributed by atoms with Crippen LogP contribution >= 0.6 is 23.5 Å². The van der Waals surface area contributed by atoms with E-state index in [2.05, 4.69) is 0 Å². The number of thioether (sulfide) groups is 2. The number of aliphatic hydroxyl groups is 1. The number of phenolic OH excluding ortho intramolecular Hbond substituents is 2. The summed E-state index contributed by atoms with van der Waals surface area (Å²) in [5.41, 5.74) is 6.04. The summed E-state index contributed by atoms with van der Waals surface area (Å²) in [5.74, 6) is -0.637. The average molecular weight is 640 g/mol. The number of rotatable bonds is 11. The quantitative estimate of drug-likeness (QED) is 0.261. The Morgan fingerprint density at radius 1 is 0.884 bits per heavy atom. The minimum atomic E-state index is -1.31. The molecule has 2 saturated heterocycles. The molecule has 13 heteroatoms. The number of aliphatic hydroxyl groups excluding tert-OH is 1.